The average Bonchev–Trinajstić information content (AvgIpc) is 3.00. The summed E-state index contributed by atoms with van der Waals surface area (Å²) in [5.41, 5.74) is 2.74. The molecule has 0 aliphatic heterocycles. The molecule has 0 radical (unpaired) electrons. The summed E-state index contributed by atoms with van der Waals surface area (Å²) in [6.45, 7) is 0. The first kappa shape index (κ1) is 27.5. The predicted molar refractivity (Wildman–Crippen MR) is 154 cm³/mol. The molecule has 1 aromatic heterocycles. The molecule has 0 fully saturated rings. The van der Waals surface area contributed by atoms with Crippen LogP contribution in [0.4, 0.5) is 5.69 Å². The van der Waals surface area contributed by atoms with Gasteiger partial charge in [-0.15, -0.1) is 0 Å². The highest BCUT2D eigenvalue weighted by molar-refractivity contribution is 6.11. The van der Waals surface area contributed by atoms with Crippen LogP contribution in [0.3, 0.4) is 0 Å². The Morgan fingerprint density at radius 3 is 2.20 bits per heavy atom. The Morgan fingerprint density at radius 1 is 0.775 bits per heavy atom. The SMILES string of the molecule is COc1ccc(/C=C(\NC(=O)c2ccccc2)C(=O)Nc2ccc(C(=O)/C=C/c3cccnc3)cc2)cc1OC. The smallest absolute Gasteiger partial charge is 0.272 e. The van der Waals surface area contributed by atoms with E-state index in [1.165, 1.54) is 20.3 Å². The third-order valence-electron chi connectivity index (χ3n) is 5.79. The van der Waals surface area contributed by atoms with Crippen LogP contribution in [0.1, 0.15) is 31.8 Å². The van der Waals surface area contributed by atoms with Gasteiger partial charge in [-0.2, -0.15) is 0 Å². The van der Waals surface area contributed by atoms with Crippen LogP contribution in [-0.2, 0) is 4.79 Å². The Morgan fingerprint density at radius 2 is 1.52 bits per heavy atom. The second-order valence-electron chi connectivity index (χ2n) is 8.51. The number of carbonyl (C=O) groups excluding carboxylic acids is 3. The van der Waals surface area contributed by atoms with E-state index in [9.17, 15) is 14.4 Å². The van der Waals surface area contributed by atoms with Crippen LogP contribution in [0.5, 0.6) is 11.5 Å². The number of hydrogen-bond acceptors (Lipinski definition) is 6. The van der Waals surface area contributed by atoms with Gasteiger partial charge < -0.3 is 20.1 Å². The van der Waals surface area contributed by atoms with Crippen molar-refractivity contribution in [2.75, 3.05) is 19.5 Å². The molecule has 4 rings (SSSR count). The summed E-state index contributed by atoms with van der Waals surface area (Å²) < 4.78 is 10.6. The van der Waals surface area contributed by atoms with Crippen molar-refractivity contribution < 1.29 is 23.9 Å². The van der Waals surface area contributed by atoms with E-state index < -0.39 is 11.8 Å². The van der Waals surface area contributed by atoms with Crippen molar-refractivity contribution >= 4 is 35.4 Å². The lowest BCUT2D eigenvalue weighted by atomic mass is 10.1. The maximum atomic E-state index is 13.3. The van der Waals surface area contributed by atoms with Crippen molar-refractivity contribution in [2.45, 2.75) is 0 Å². The quantitative estimate of drug-likeness (QED) is 0.209. The number of hydrogen-bond donors (Lipinski definition) is 2. The third kappa shape index (κ3) is 7.29. The van der Waals surface area contributed by atoms with E-state index in [0.29, 0.717) is 33.9 Å². The van der Waals surface area contributed by atoms with Crippen molar-refractivity contribution in [3.8, 4) is 11.5 Å². The van der Waals surface area contributed by atoms with Gasteiger partial charge in [0.2, 0.25) is 0 Å². The van der Waals surface area contributed by atoms with Crippen molar-refractivity contribution in [1.29, 1.82) is 0 Å². The zero-order valence-corrected chi connectivity index (χ0v) is 22.0. The molecule has 0 saturated carbocycles. The molecule has 4 aromatic rings. The maximum absolute atomic E-state index is 13.3. The molecule has 8 nitrogen and oxygen atoms in total. The van der Waals surface area contributed by atoms with Gasteiger partial charge in [0.05, 0.1) is 14.2 Å². The number of carbonyl (C=O) groups is 3. The molecule has 0 saturated heterocycles. The topological polar surface area (TPSA) is 107 Å². The van der Waals surface area contributed by atoms with Crippen LogP contribution in [0.2, 0.25) is 0 Å². The lowest BCUT2D eigenvalue weighted by Gasteiger charge is -2.13. The van der Waals surface area contributed by atoms with E-state index in [-0.39, 0.29) is 11.5 Å². The molecule has 2 N–H and O–H groups in total. The van der Waals surface area contributed by atoms with Crippen LogP contribution in [0.25, 0.3) is 12.2 Å². The molecule has 0 bridgehead atoms. The summed E-state index contributed by atoms with van der Waals surface area (Å²) in [6.07, 6.45) is 8.01. The second kappa shape index (κ2) is 13.3. The summed E-state index contributed by atoms with van der Waals surface area (Å²) >= 11 is 0. The van der Waals surface area contributed by atoms with Gasteiger partial charge in [0.25, 0.3) is 11.8 Å². The molecule has 2 amide bonds. The van der Waals surface area contributed by atoms with Crippen molar-refractivity contribution in [3.05, 3.63) is 131 Å². The highest BCUT2D eigenvalue weighted by Gasteiger charge is 2.16. The molecule has 1 heterocycles. The number of pyridine rings is 1. The van der Waals surface area contributed by atoms with E-state index in [0.717, 1.165) is 5.56 Å². The molecule has 40 heavy (non-hydrogen) atoms. The average molecular weight is 534 g/mol. The molecule has 200 valence electrons. The zero-order valence-electron chi connectivity index (χ0n) is 22.0. The minimum atomic E-state index is -0.547. The standard InChI is InChI=1S/C32H27N3O5/c1-39-29-17-11-23(20-30(29)40-2)19-27(35-31(37)25-8-4-3-5-9-25)32(38)34-26-14-12-24(13-15-26)28(36)16-10-22-7-6-18-33-21-22/h3-21H,1-2H3,(H,34,38)(H,35,37)/b16-10+,27-19-. The van der Waals surface area contributed by atoms with Crippen LogP contribution >= 0.6 is 0 Å². The number of rotatable bonds is 10. The Labute approximate surface area is 232 Å². The molecule has 0 aliphatic carbocycles. The number of nitrogens with zero attached hydrogens (tertiary/aromatic N) is 1. The van der Waals surface area contributed by atoms with Gasteiger partial charge in [0.15, 0.2) is 17.3 Å². The van der Waals surface area contributed by atoms with Gasteiger partial charge in [0.1, 0.15) is 5.70 Å². The second-order valence-corrected chi connectivity index (χ2v) is 8.51. The van der Waals surface area contributed by atoms with Crippen molar-refractivity contribution in [3.63, 3.8) is 0 Å². The monoisotopic (exact) mass is 533 g/mol. The van der Waals surface area contributed by atoms with Gasteiger partial charge in [-0.3, -0.25) is 19.4 Å². The fourth-order valence-corrected chi connectivity index (χ4v) is 3.71. The fourth-order valence-electron chi connectivity index (χ4n) is 3.71. The Bertz CT molecular complexity index is 1550. The number of allylic oxidation sites excluding steroid dienone is 1. The number of ether oxygens (including phenoxy) is 2. The summed E-state index contributed by atoms with van der Waals surface area (Å²) in [7, 11) is 3.04. The minimum absolute atomic E-state index is 0.0145. The van der Waals surface area contributed by atoms with E-state index >= 15 is 0 Å². The van der Waals surface area contributed by atoms with E-state index in [1.807, 2.05) is 6.07 Å². The van der Waals surface area contributed by atoms with Crippen LogP contribution < -0.4 is 20.1 Å². The molecular weight excluding hydrogens is 506 g/mol. The number of aromatic nitrogens is 1. The summed E-state index contributed by atoms with van der Waals surface area (Å²) in [4.78, 5) is 42.8. The maximum Gasteiger partial charge on any atom is 0.272 e. The van der Waals surface area contributed by atoms with Gasteiger partial charge in [-0.25, -0.2) is 0 Å². The number of nitrogens with one attached hydrogen (secondary N) is 2. The number of benzene rings is 3. The molecule has 3 aromatic carbocycles. The summed E-state index contributed by atoms with van der Waals surface area (Å²) in [5, 5.41) is 5.48. The third-order valence-corrected chi connectivity index (χ3v) is 5.79. The van der Waals surface area contributed by atoms with Gasteiger partial charge in [-0.1, -0.05) is 30.3 Å². The fraction of sp³-hybridized carbons (Fsp3) is 0.0625. The van der Waals surface area contributed by atoms with E-state index in [2.05, 4.69) is 15.6 Å². The summed E-state index contributed by atoms with van der Waals surface area (Å²) in [6, 6.07) is 23.8. The van der Waals surface area contributed by atoms with E-state index in [1.54, 1.807) is 103 Å². The first-order valence-electron chi connectivity index (χ1n) is 12.3. The molecule has 0 unspecified atom stereocenters. The Hall–Kier alpha value is -5.50. The Kier molecular flexibility index (Phi) is 9.18. The summed E-state index contributed by atoms with van der Waals surface area (Å²) in [5.74, 6) is -0.170. The first-order chi connectivity index (χ1) is 19.5. The lowest BCUT2D eigenvalue weighted by molar-refractivity contribution is -0.113. The van der Waals surface area contributed by atoms with E-state index in [4.69, 9.17) is 9.47 Å². The minimum Gasteiger partial charge on any atom is -0.493 e. The largest absolute Gasteiger partial charge is 0.493 e. The molecule has 0 aliphatic rings. The molecule has 0 atom stereocenters. The molecular formula is C32H27N3O5. The molecule has 0 spiro atoms. The lowest BCUT2D eigenvalue weighted by Crippen LogP contribution is -2.30. The van der Waals surface area contributed by atoms with Crippen LogP contribution in [0.15, 0.2) is 109 Å². The van der Waals surface area contributed by atoms with Crippen LogP contribution in [0, 0.1) is 0 Å². The predicted octanol–water partition coefficient (Wildman–Crippen LogP) is 5.40. The number of ketones is 1. The number of anilines is 1. The highest BCUT2D eigenvalue weighted by Crippen LogP contribution is 2.28. The Balaban J connectivity index is 1.54. The van der Waals surface area contributed by atoms with Gasteiger partial charge >= 0.3 is 0 Å². The van der Waals surface area contributed by atoms with Crippen molar-refractivity contribution in [2.24, 2.45) is 0 Å². The van der Waals surface area contributed by atoms with Crippen molar-refractivity contribution in [1.82, 2.24) is 10.3 Å². The number of amides is 2. The van der Waals surface area contributed by atoms with Gasteiger partial charge in [0, 0.05) is 29.2 Å². The molecule has 8 heteroatoms. The van der Waals surface area contributed by atoms with Crippen LogP contribution in [-0.4, -0.2) is 36.8 Å². The van der Waals surface area contributed by atoms with Gasteiger partial charge in [-0.05, 0) is 84.0 Å². The normalized spacial score (nSPS) is 11.1. The first-order valence-corrected chi connectivity index (χ1v) is 12.3. The zero-order chi connectivity index (χ0) is 28.3. The highest BCUT2D eigenvalue weighted by atomic mass is 16.5. The number of methoxy groups -OCH3 is 2.